The highest BCUT2D eigenvalue weighted by atomic mass is 19.1. The van der Waals surface area contributed by atoms with E-state index < -0.39 is 0 Å². The Hall–Kier alpha value is -2.15. The molecule has 1 saturated carbocycles. The highest BCUT2D eigenvalue weighted by molar-refractivity contribution is 5.87. The zero-order valence-electron chi connectivity index (χ0n) is 14.8. The van der Waals surface area contributed by atoms with Crippen molar-refractivity contribution in [1.29, 1.82) is 0 Å². The van der Waals surface area contributed by atoms with E-state index in [0.717, 1.165) is 22.6 Å². The van der Waals surface area contributed by atoms with Gasteiger partial charge in [-0.15, -0.1) is 0 Å². The standard InChI is InChI=1S/C24H25F/c1-2-17-3-5-18(6-4-17)19-7-9-20(10-8-19)21-11-12-23-16-24(25)14-13-22(23)15-21/h7-18H,2-6H2,1H3/t17-,18-. The Morgan fingerprint density at radius 3 is 2.12 bits per heavy atom. The number of hydrogen-bond donors (Lipinski definition) is 0. The van der Waals surface area contributed by atoms with Crippen molar-refractivity contribution in [3.05, 3.63) is 72.0 Å². The van der Waals surface area contributed by atoms with E-state index in [1.165, 1.54) is 54.9 Å². The Labute approximate surface area is 149 Å². The average Bonchev–Trinajstić information content (AvgIpc) is 2.68. The fourth-order valence-corrected chi connectivity index (χ4v) is 4.25. The normalized spacial score (nSPS) is 20.7. The molecule has 0 nitrogen and oxygen atoms in total. The molecule has 0 radical (unpaired) electrons. The van der Waals surface area contributed by atoms with E-state index in [2.05, 4.69) is 43.3 Å². The Balaban J connectivity index is 1.55. The summed E-state index contributed by atoms with van der Waals surface area (Å²) in [4.78, 5) is 0. The SMILES string of the molecule is CC[C@H]1CC[C@H](c2ccc(-c3ccc4cc(F)ccc4c3)cc2)CC1. The minimum atomic E-state index is -0.178. The lowest BCUT2D eigenvalue weighted by Gasteiger charge is -2.28. The Morgan fingerprint density at radius 2 is 1.40 bits per heavy atom. The van der Waals surface area contributed by atoms with Gasteiger partial charge in [-0.2, -0.15) is 0 Å². The lowest BCUT2D eigenvalue weighted by atomic mass is 9.77. The summed E-state index contributed by atoms with van der Waals surface area (Å²) in [5, 5.41) is 2.04. The van der Waals surface area contributed by atoms with Crippen LogP contribution in [0.5, 0.6) is 0 Å². The molecule has 0 unspecified atom stereocenters. The van der Waals surface area contributed by atoms with Gasteiger partial charge < -0.3 is 0 Å². The molecule has 0 N–H and O–H groups in total. The van der Waals surface area contributed by atoms with E-state index in [9.17, 15) is 4.39 Å². The van der Waals surface area contributed by atoms with Crippen LogP contribution in [0.25, 0.3) is 21.9 Å². The molecule has 25 heavy (non-hydrogen) atoms. The zero-order valence-corrected chi connectivity index (χ0v) is 14.8. The van der Waals surface area contributed by atoms with E-state index in [1.807, 2.05) is 12.1 Å². The summed E-state index contributed by atoms with van der Waals surface area (Å²) >= 11 is 0. The second-order valence-corrected chi connectivity index (χ2v) is 7.45. The molecule has 0 heterocycles. The number of rotatable bonds is 3. The van der Waals surface area contributed by atoms with E-state index in [0.29, 0.717) is 0 Å². The summed E-state index contributed by atoms with van der Waals surface area (Å²) < 4.78 is 13.3. The van der Waals surface area contributed by atoms with Crippen molar-refractivity contribution in [3.63, 3.8) is 0 Å². The quantitative estimate of drug-likeness (QED) is 0.471. The fraction of sp³-hybridized carbons (Fsp3) is 0.333. The first-order valence-corrected chi connectivity index (χ1v) is 9.52. The van der Waals surface area contributed by atoms with Gasteiger partial charge >= 0.3 is 0 Å². The molecule has 0 aromatic heterocycles. The zero-order chi connectivity index (χ0) is 17.2. The van der Waals surface area contributed by atoms with Crippen LogP contribution in [0.15, 0.2) is 60.7 Å². The van der Waals surface area contributed by atoms with Crippen molar-refractivity contribution in [1.82, 2.24) is 0 Å². The minimum Gasteiger partial charge on any atom is -0.207 e. The van der Waals surface area contributed by atoms with Crippen LogP contribution in [0.2, 0.25) is 0 Å². The third-order valence-corrected chi connectivity index (χ3v) is 5.94. The van der Waals surface area contributed by atoms with Gasteiger partial charge in [0, 0.05) is 0 Å². The third kappa shape index (κ3) is 3.46. The lowest BCUT2D eigenvalue weighted by molar-refractivity contribution is 0.319. The van der Waals surface area contributed by atoms with Gasteiger partial charge in [0.15, 0.2) is 0 Å². The Bertz CT molecular complexity index is 855. The second kappa shape index (κ2) is 7.00. The first-order chi connectivity index (χ1) is 12.2. The molecule has 1 fully saturated rings. The molecule has 3 aromatic carbocycles. The number of benzene rings is 3. The maximum absolute atomic E-state index is 13.3. The van der Waals surface area contributed by atoms with Gasteiger partial charge in [0.1, 0.15) is 5.82 Å². The molecule has 128 valence electrons. The van der Waals surface area contributed by atoms with Gasteiger partial charge in [-0.25, -0.2) is 4.39 Å². The first-order valence-electron chi connectivity index (χ1n) is 9.52. The van der Waals surface area contributed by atoms with Crippen LogP contribution in [0.3, 0.4) is 0 Å². The molecule has 0 aliphatic heterocycles. The van der Waals surface area contributed by atoms with Gasteiger partial charge in [-0.3, -0.25) is 0 Å². The summed E-state index contributed by atoms with van der Waals surface area (Å²) in [6, 6.07) is 20.3. The van der Waals surface area contributed by atoms with Crippen molar-refractivity contribution < 1.29 is 4.39 Å². The van der Waals surface area contributed by atoms with Gasteiger partial charge in [-0.1, -0.05) is 55.8 Å². The van der Waals surface area contributed by atoms with E-state index >= 15 is 0 Å². The number of fused-ring (bicyclic) bond motifs is 1. The summed E-state index contributed by atoms with van der Waals surface area (Å²) in [7, 11) is 0. The van der Waals surface area contributed by atoms with Gasteiger partial charge in [-0.05, 0) is 83.2 Å². The van der Waals surface area contributed by atoms with Crippen LogP contribution in [0.4, 0.5) is 4.39 Å². The predicted octanol–water partition coefficient (Wildman–Crippen LogP) is 7.33. The molecule has 0 bridgehead atoms. The molecular weight excluding hydrogens is 307 g/mol. The first kappa shape index (κ1) is 16.3. The molecule has 0 atom stereocenters. The van der Waals surface area contributed by atoms with Crippen LogP contribution in [-0.4, -0.2) is 0 Å². The summed E-state index contributed by atoms with van der Waals surface area (Å²) in [5.74, 6) is 1.50. The molecular formula is C24H25F. The maximum Gasteiger partial charge on any atom is 0.123 e. The molecule has 1 aliphatic carbocycles. The van der Waals surface area contributed by atoms with Crippen molar-refractivity contribution in [2.24, 2.45) is 5.92 Å². The number of halogens is 1. The van der Waals surface area contributed by atoms with E-state index in [1.54, 1.807) is 6.07 Å². The Kier molecular flexibility index (Phi) is 4.57. The van der Waals surface area contributed by atoms with Crippen LogP contribution in [-0.2, 0) is 0 Å². The summed E-state index contributed by atoms with van der Waals surface area (Å²) in [5.41, 5.74) is 3.92. The third-order valence-electron chi connectivity index (χ3n) is 5.94. The largest absolute Gasteiger partial charge is 0.207 e. The summed E-state index contributed by atoms with van der Waals surface area (Å²) in [6.07, 6.45) is 6.75. The molecule has 4 rings (SSSR count). The van der Waals surface area contributed by atoms with Gasteiger partial charge in [0.05, 0.1) is 0 Å². The average molecular weight is 332 g/mol. The van der Waals surface area contributed by atoms with Crippen LogP contribution in [0.1, 0.15) is 50.5 Å². The molecule has 0 amide bonds. The molecule has 0 spiro atoms. The highest BCUT2D eigenvalue weighted by Gasteiger charge is 2.21. The Morgan fingerprint density at radius 1 is 0.760 bits per heavy atom. The second-order valence-electron chi connectivity index (χ2n) is 7.45. The highest BCUT2D eigenvalue weighted by Crippen LogP contribution is 2.37. The summed E-state index contributed by atoms with van der Waals surface area (Å²) in [6.45, 7) is 2.32. The molecule has 3 aromatic rings. The van der Waals surface area contributed by atoms with Crippen molar-refractivity contribution in [2.75, 3.05) is 0 Å². The van der Waals surface area contributed by atoms with Crippen LogP contribution in [0, 0.1) is 11.7 Å². The van der Waals surface area contributed by atoms with Crippen molar-refractivity contribution >= 4 is 10.8 Å². The van der Waals surface area contributed by atoms with Gasteiger partial charge in [0.2, 0.25) is 0 Å². The fourth-order valence-electron chi connectivity index (χ4n) is 4.25. The lowest BCUT2D eigenvalue weighted by Crippen LogP contribution is -2.12. The monoisotopic (exact) mass is 332 g/mol. The minimum absolute atomic E-state index is 0.178. The maximum atomic E-state index is 13.3. The topological polar surface area (TPSA) is 0 Å². The van der Waals surface area contributed by atoms with Crippen molar-refractivity contribution in [3.8, 4) is 11.1 Å². The molecule has 1 aliphatic rings. The van der Waals surface area contributed by atoms with Gasteiger partial charge in [0.25, 0.3) is 0 Å². The van der Waals surface area contributed by atoms with E-state index in [-0.39, 0.29) is 5.82 Å². The van der Waals surface area contributed by atoms with Crippen LogP contribution < -0.4 is 0 Å². The predicted molar refractivity (Wildman–Crippen MR) is 104 cm³/mol. The van der Waals surface area contributed by atoms with Crippen molar-refractivity contribution in [2.45, 2.75) is 44.9 Å². The number of hydrogen-bond acceptors (Lipinski definition) is 0. The van der Waals surface area contributed by atoms with E-state index in [4.69, 9.17) is 0 Å². The molecule has 0 saturated heterocycles. The van der Waals surface area contributed by atoms with Crippen LogP contribution >= 0.6 is 0 Å². The molecule has 1 heteroatoms. The smallest absolute Gasteiger partial charge is 0.123 e.